The predicted molar refractivity (Wildman–Crippen MR) is 182 cm³/mol. The molecule has 9 aromatic rings. The molecule has 0 nitrogen and oxygen atoms in total. The van der Waals surface area contributed by atoms with E-state index in [1.54, 1.807) is 0 Å². The highest BCUT2D eigenvalue weighted by Gasteiger charge is 2.13. The van der Waals surface area contributed by atoms with Gasteiger partial charge in [0.1, 0.15) is 0 Å². The van der Waals surface area contributed by atoms with Crippen LogP contribution in [-0.2, 0) is 0 Å². The molecule has 194 valence electrons. The Balaban J connectivity index is 1.29. The summed E-state index contributed by atoms with van der Waals surface area (Å²) in [6.45, 7) is 0. The van der Waals surface area contributed by atoms with Crippen molar-refractivity contribution in [3.05, 3.63) is 158 Å². The molecule has 9 rings (SSSR count). The lowest BCUT2D eigenvalue weighted by Gasteiger charge is -2.15. The SMILES string of the molecule is [2H]c1c([2H])c(-c2c3ccccc3cc3c2ccc2ccccc23)c([2H])c([2H])c1-c1ccc2c(ccc3cc4ccccc4cc32)c1. The second kappa shape index (κ2) is 9.03. The molecular weight excluding hydrogens is 504 g/mol. The molecular formula is C42H26. The van der Waals surface area contributed by atoms with Crippen LogP contribution in [0, 0.1) is 0 Å². The first kappa shape index (κ1) is 19.6. The van der Waals surface area contributed by atoms with E-state index in [4.69, 9.17) is 0 Å². The summed E-state index contributed by atoms with van der Waals surface area (Å²) >= 11 is 0. The van der Waals surface area contributed by atoms with Crippen LogP contribution >= 0.6 is 0 Å². The average Bonchev–Trinajstić information content (AvgIpc) is 3.09. The maximum absolute atomic E-state index is 9.33. The van der Waals surface area contributed by atoms with Crippen LogP contribution in [0.25, 0.3) is 86.9 Å². The van der Waals surface area contributed by atoms with E-state index < -0.39 is 0 Å². The van der Waals surface area contributed by atoms with Gasteiger partial charge in [0.05, 0.1) is 5.48 Å². The van der Waals surface area contributed by atoms with Crippen LogP contribution in [0.2, 0.25) is 0 Å². The van der Waals surface area contributed by atoms with E-state index in [1.165, 1.54) is 10.8 Å². The Kier molecular flexibility index (Phi) is 4.21. The minimum absolute atomic E-state index is 0.0353. The van der Waals surface area contributed by atoms with Crippen LogP contribution < -0.4 is 0 Å². The number of hydrogen-bond acceptors (Lipinski definition) is 0. The zero-order valence-electron chi connectivity index (χ0n) is 26.7. The first-order chi connectivity index (χ1) is 22.5. The van der Waals surface area contributed by atoms with E-state index in [2.05, 4.69) is 72.8 Å². The molecule has 0 amide bonds. The molecule has 0 spiro atoms. The van der Waals surface area contributed by atoms with Crippen LogP contribution in [0.4, 0.5) is 0 Å². The third-order valence-electron chi connectivity index (χ3n) is 8.64. The molecule has 42 heavy (non-hydrogen) atoms. The Labute approximate surface area is 249 Å². The number of rotatable bonds is 2. The van der Waals surface area contributed by atoms with Crippen molar-refractivity contribution >= 4 is 64.6 Å². The van der Waals surface area contributed by atoms with Crippen LogP contribution in [0.1, 0.15) is 5.48 Å². The molecule has 0 bridgehead atoms. The summed E-state index contributed by atoms with van der Waals surface area (Å²) < 4.78 is 37.2. The summed E-state index contributed by atoms with van der Waals surface area (Å²) in [6.07, 6.45) is 0. The second-order valence-electron chi connectivity index (χ2n) is 11.0. The van der Waals surface area contributed by atoms with Crippen molar-refractivity contribution in [2.75, 3.05) is 0 Å². The summed E-state index contributed by atoms with van der Waals surface area (Å²) in [4.78, 5) is 0. The molecule has 0 saturated carbocycles. The third-order valence-corrected chi connectivity index (χ3v) is 8.64. The monoisotopic (exact) mass is 534 g/mol. The zero-order valence-corrected chi connectivity index (χ0v) is 22.7. The van der Waals surface area contributed by atoms with Gasteiger partial charge in [-0.15, -0.1) is 0 Å². The van der Waals surface area contributed by atoms with Crippen molar-refractivity contribution in [3.8, 4) is 22.3 Å². The van der Waals surface area contributed by atoms with Gasteiger partial charge in [0.2, 0.25) is 0 Å². The largest absolute Gasteiger partial charge is 0.0629 e. The molecule has 0 aliphatic heterocycles. The maximum Gasteiger partial charge on any atom is 0.0629 e. The van der Waals surface area contributed by atoms with Gasteiger partial charge in [-0.3, -0.25) is 0 Å². The maximum atomic E-state index is 9.33. The van der Waals surface area contributed by atoms with Gasteiger partial charge in [-0.1, -0.05) is 133 Å². The van der Waals surface area contributed by atoms with E-state index in [9.17, 15) is 5.48 Å². The molecule has 0 aromatic heterocycles. The lowest BCUT2D eigenvalue weighted by Crippen LogP contribution is -1.88. The van der Waals surface area contributed by atoms with E-state index in [1.807, 2.05) is 60.7 Å². The Hall–Kier alpha value is -5.46. The third kappa shape index (κ3) is 3.56. The molecule has 9 aromatic carbocycles. The highest BCUT2D eigenvalue weighted by molar-refractivity contribution is 6.20. The highest BCUT2D eigenvalue weighted by atomic mass is 14.2. The highest BCUT2D eigenvalue weighted by Crippen LogP contribution is 2.40. The minimum Gasteiger partial charge on any atom is -0.0616 e. The van der Waals surface area contributed by atoms with Gasteiger partial charge in [0.25, 0.3) is 0 Å². The van der Waals surface area contributed by atoms with Crippen LogP contribution in [0.5, 0.6) is 0 Å². The zero-order chi connectivity index (χ0) is 31.1. The van der Waals surface area contributed by atoms with E-state index in [0.29, 0.717) is 16.7 Å². The van der Waals surface area contributed by atoms with Gasteiger partial charge in [0.15, 0.2) is 0 Å². The molecule has 0 heteroatoms. The Morgan fingerprint density at radius 2 is 0.810 bits per heavy atom. The number of hydrogen-bond donors (Lipinski definition) is 0. The Morgan fingerprint density at radius 1 is 0.286 bits per heavy atom. The van der Waals surface area contributed by atoms with Crippen LogP contribution in [0.15, 0.2) is 158 Å². The van der Waals surface area contributed by atoms with E-state index >= 15 is 0 Å². The van der Waals surface area contributed by atoms with Gasteiger partial charge in [0, 0.05) is 0 Å². The van der Waals surface area contributed by atoms with Gasteiger partial charge in [-0.05, 0) is 111 Å². The molecule has 0 fully saturated rings. The van der Waals surface area contributed by atoms with Crippen molar-refractivity contribution in [2.24, 2.45) is 0 Å². The summed E-state index contributed by atoms with van der Waals surface area (Å²) in [7, 11) is 0. The molecule has 0 N–H and O–H groups in total. The first-order valence-electron chi connectivity index (χ1n) is 16.3. The van der Waals surface area contributed by atoms with Gasteiger partial charge >= 0.3 is 0 Å². The smallest absolute Gasteiger partial charge is 0.0616 e. The molecule has 0 aliphatic carbocycles. The van der Waals surface area contributed by atoms with E-state index in [-0.39, 0.29) is 24.2 Å². The second-order valence-corrected chi connectivity index (χ2v) is 11.0. The van der Waals surface area contributed by atoms with Crippen LogP contribution in [-0.4, -0.2) is 0 Å². The summed E-state index contributed by atoms with van der Waals surface area (Å²) in [5.41, 5.74) is 2.05. The molecule has 0 atom stereocenters. The Morgan fingerprint density at radius 3 is 1.62 bits per heavy atom. The van der Waals surface area contributed by atoms with Crippen molar-refractivity contribution in [1.82, 2.24) is 0 Å². The van der Waals surface area contributed by atoms with Crippen molar-refractivity contribution in [1.29, 1.82) is 0 Å². The molecule has 0 aliphatic rings. The summed E-state index contributed by atoms with van der Waals surface area (Å²) in [5.74, 6) is 0. The Bertz CT molecular complexity index is 2710. The topological polar surface area (TPSA) is 0 Å². The quantitative estimate of drug-likeness (QED) is 0.153. The lowest BCUT2D eigenvalue weighted by atomic mass is 9.89. The van der Waals surface area contributed by atoms with Crippen molar-refractivity contribution in [3.63, 3.8) is 0 Å². The fourth-order valence-corrected chi connectivity index (χ4v) is 6.58. The fraction of sp³-hybridized carbons (Fsp3) is 0. The molecule has 0 unspecified atom stereocenters. The van der Waals surface area contributed by atoms with Gasteiger partial charge < -0.3 is 0 Å². The molecule has 0 saturated heterocycles. The predicted octanol–water partition coefficient (Wildman–Crippen LogP) is 11.9. The standard InChI is InChI=1S/C42H26/c1-2-9-31-25-40-35(23-30(31)8-1)18-17-34-24-32(20-21-37(34)40)27-13-15-29(16-14-27)42-38-12-6-4-10-33(38)26-41-36-11-5-3-7-28(36)19-22-39(41)42/h1-26H/i13D,14D,15D,16D. The van der Waals surface area contributed by atoms with Gasteiger partial charge in [-0.25, -0.2) is 0 Å². The molecule has 0 heterocycles. The number of benzene rings is 9. The molecule has 0 radical (unpaired) electrons. The van der Waals surface area contributed by atoms with Crippen molar-refractivity contribution < 1.29 is 5.48 Å². The fourth-order valence-electron chi connectivity index (χ4n) is 6.58. The lowest BCUT2D eigenvalue weighted by molar-refractivity contribution is 1.64. The number of fused-ring (bicyclic) bond motifs is 8. The van der Waals surface area contributed by atoms with E-state index in [0.717, 1.165) is 59.4 Å². The minimum atomic E-state index is -0.0380. The first-order valence-corrected chi connectivity index (χ1v) is 14.3. The van der Waals surface area contributed by atoms with Gasteiger partial charge in [-0.2, -0.15) is 0 Å². The van der Waals surface area contributed by atoms with Crippen LogP contribution in [0.3, 0.4) is 0 Å². The average molecular weight is 535 g/mol. The van der Waals surface area contributed by atoms with Crippen molar-refractivity contribution in [2.45, 2.75) is 0 Å². The summed E-state index contributed by atoms with van der Waals surface area (Å²) in [5, 5.41) is 12.8. The normalized spacial score (nSPS) is 13.1. The summed E-state index contributed by atoms with van der Waals surface area (Å²) in [6, 6.07) is 45.3.